The number of piperidine rings is 1. The Labute approximate surface area is 211 Å². The number of rotatable bonds is 8. The van der Waals surface area contributed by atoms with E-state index in [-0.39, 0.29) is 11.1 Å². The highest BCUT2D eigenvalue weighted by Gasteiger charge is 2.23. The molecule has 188 valence electrons. The van der Waals surface area contributed by atoms with Crippen LogP contribution in [0.25, 0.3) is 10.9 Å². The Morgan fingerprint density at radius 2 is 1.83 bits per heavy atom. The molecule has 0 unspecified atom stereocenters. The molecule has 0 atom stereocenters. The van der Waals surface area contributed by atoms with Crippen LogP contribution in [0, 0.1) is 0 Å². The van der Waals surface area contributed by atoms with Crippen molar-refractivity contribution in [3.05, 3.63) is 63.9 Å². The Balaban J connectivity index is 1.20. The summed E-state index contributed by atoms with van der Waals surface area (Å²) in [5, 5.41) is 0.858. The van der Waals surface area contributed by atoms with E-state index in [0.29, 0.717) is 37.8 Å². The second-order valence-electron chi connectivity index (χ2n) is 9.57. The lowest BCUT2D eigenvalue weighted by Gasteiger charge is -2.37. The number of carbonyl (C=O) groups is 1. The number of fused-ring (bicyclic) bond motifs is 2. The smallest absolute Gasteiger partial charge is 0.261 e. The molecule has 9 heteroatoms. The number of hydrogen-bond donors (Lipinski definition) is 0. The van der Waals surface area contributed by atoms with Crippen molar-refractivity contribution in [2.75, 3.05) is 40.0 Å². The molecule has 0 bridgehead atoms. The monoisotopic (exact) mass is 489 g/mol. The van der Waals surface area contributed by atoms with Gasteiger partial charge in [-0.05, 0) is 67.2 Å². The van der Waals surface area contributed by atoms with Crippen molar-refractivity contribution in [3.8, 4) is 17.2 Å². The number of likely N-dealkylation sites (tertiary alicyclic amines) is 1. The average Bonchev–Trinajstić information content (AvgIpc) is 2.92. The molecule has 0 saturated carbocycles. The van der Waals surface area contributed by atoms with E-state index in [4.69, 9.17) is 14.2 Å². The third kappa shape index (κ3) is 5.13. The molecule has 36 heavy (non-hydrogen) atoms. The predicted octanol–water partition coefficient (Wildman–Crippen LogP) is 2.11. The van der Waals surface area contributed by atoms with Crippen LogP contribution in [0.3, 0.4) is 0 Å². The summed E-state index contributed by atoms with van der Waals surface area (Å²) in [6.45, 7) is 5.29. The van der Waals surface area contributed by atoms with E-state index in [2.05, 4.69) is 29.8 Å². The maximum atomic E-state index is 12.9. The number of hydrogen-bond acceptors (Lipinski definition) is 7. The third-order valence-electron chi connectivity index (χ3n) is 7.32. The highest BCUT2D eigenvalue weighted by atomic mass is 16.6. The van der Waals surface area contributed by atoms with Crippen LogP contribution in [0.1, 0.15) is 28.8 Å². The van der Waals surface area contributed by atoms with Crippen molar-refractivity contribution in [2.24, 2.45) is 0 Å². The van der Waals surface area contributed by atoms with Gasteiger partial charge < -0.3 is 28.5 Å². The lowest BCUT2D eigenvalue weighted by Crippen LogP contribution is -2.44. The van der Waals surface area contributed by atoms with E-state index in [1.807, 2.05) is 24.3 Å². The summed E-state index contributed by atoms with van der Waals surface area (Å²) in [6.07, 6.45) is 2.78. The van der Waals surface area contributed by atoms with E-state index >= 15 is 0 Å². The Bertz CT molecular complexity index is 1300. The number of nitrogens with zero attached hydrogens (tertiary/aromatic N) is 3. The first-order chi connectivity index (χ1) is 17.6. The molecule has 3 aromatic rings. The van der Waals surface area contributed by atoms with Gasteiger partial charge in [-0.3, -0.25) is 9.59 Å². The van der Waals surface area contributed by atoms with E-state index < -0.39 is 0 Å². The molecule has 2 aromatic carbocycles. The normalized spacial score (nSPS) is 16.4. The van der Waals surface area contributed by atoms with Gasteiger partial charge in [-0.25, -0.2) is 0 Å². The lowest BCUT2D eigenvalue weighted by molar-refractivity contribution is 0.112. The molecule has 0 amide bonds. The standard InChI is InChI=1S/C27H32BN3O5/c1-34-23-4-3-20-15-21(18-32)27(33)30(24(20)16-23)11-10-29-8-6-22(7-9-29)31(28)17-19-2-5-25-26(14-19)36-13-12-35-25/h2-5,14-16,18,22H,6-13,17,28H2,1H3. The SMILES string of the molecule is BN(Cc1ccc2c(c1)OCCO2)C1CCN(CCn2c(=O)c(C=O)cc3ccc(OC)cc32)CC1. The number of aldehydes is 1. The molecule has 0 N–H and O–H groups in total. The number of benzene rings is 2. The molecule has 2 aliphatic rings. The molecule has 3 heterocycles. The van der Waals surface area contributed by atoms with Gasteiger partial charge in [-0.1, -0.05) is 6.07 Å². The minimum absolute atomic E-state index is 0.187. The summed E-state index contributed by atoms with van der Waals surface area (Å²) < 4.78 is 18.4. The number of methoxy groups -OCH3 is 1. The zero-order valence-electron chi connectivity index (χ0n) is 20.9. The van der Waals surface area contributed by atoms with E-state index in [9.17, 15) is 9.59 Å². The van der Waals surface area contributed by atoms with Crippen LogP contribution in [0.4, 0.5) is 0 Å². The number of aromatic nitrogens is 1. The van der Waals surface area contributed by atoms with Crippen LogP contribution in [-0.4, -0.2) is 74.5 Å². The van der Waals surface area contributed by atoms with Gasteiger partial charge in [0.15, 0.2) is 25.8 Å². The van der Waals surface area contributed by atoms with Gasteiger partial charge in [-0.2, -0.15) is 0 Å². The summed E-state index contributed by atoms with van der Waals surface area (Å²) in [5.74, 6) is 2.35. The Morgan fingerprint density at radius 1 is 1.06 bits per heavy atom. The topological polar surface area (TPSA) is 73.2 Å². The maximum absolute atomic E-state index is 12.9. The molecule has 1 saturated heterocycles. The fourth-order valence-electron chi connectivity index (χ4n) is 5.24. The van der Waals surface area contributed by atoms with E-state index in [0.717, 1.165) is 61.4 Å². The summed E-state index contributed by atoms with van der Waals surface area (Å²) in [6, 6.07) is 14.0. The second-order valence-corrected chi connectivity index (χ2v) is 9.57. The minimum Gasteiger partial charge on any atom is -0.497 e. The fourth-order valence-corrected chi connectivity index (χ4v) is 5.24. The summed E-state index contributed by atoms with van der Waals surface area (Å²) in [5.41, 5.74) is 1.95. The van der Waals surface area contributed by atoms with Crippen LogP contribution in [0.2, 0.25) is 0 Å². The Morgan fingerprint density at radius 3 is 2.58 bits per heavy atom. The first kappa shape index (κ1) is 24.4. The first-order valence-corrected chi connectivity index (χ1v) is 12.5. The van der Waals surface area contributed by atoms with Gasteiger partial charge in [0.1, 0.15) is 19.0 Å². The molecular formula is C27H32BN3O5. The number of pyridine rings is 1. The van der Waals surface area contributed by atoms with Gasteiger partial charge in [0.25, 0.3) is 5.56 Å². The van der Waals surface area contributed by atoms with E-state index in [1.54, 1.807) is 17.7 Å². The summed E-state index contributed by atoms with van der Waals surface area (Å²) >= 11 is 0. The van der Waals surface area contributed by atoms with Crippen molar-refractivity contribution < 1.29 is 19.0 Å². The second kappa shape index (κ2) is 10.8. The average molecular weight is 489 g/mol. The van der Waals surface area contributed by atoms with Crippen molar-refractivity contribution in [2.45, 2.75) is 32.0 Å². The van der Waals surface area contributed by atoms with Gasteiger partial charge in [0, 0.05) is 31.7 Å². The largest absolute Gasteiger partial charge is 0.497 e. The zero-order chi connectivity index (χ0) is 25.1. The molecule has 5 rings (SSSR count). The molecule has 2 aliphatic heterocycles. The summed E-state index contributed by atoms with van der Waals surface area (Å²) in [4.78, 5) is 29.2. The van der Waals surface area contributed by atoms with Crippen LogP contribution in [-0.2, 0) is 13.1 Å². The molecular weight excluding hydrogens is 457 g/mol. The highest BCUT2D eigenvalue weighted by molar-refractivity contribution is 6.04. The summed E-state index contributed by atoms with van der Waals surface area (Å²) in [7, 11) is 3.79. The van der Waals surface area contributed by atoms with Gasteiger partial charge >= 0.3 is 0 Å². The van der Waals surface area contributed by atoms with Crippen molar-refractivity contribution in [1.82, 2.24) is 14.3 Å². The molecule has 0 aliphatic carbocycles. The van der Waals surface area contributed by atoms with Crippen LogP contribution in [0.5, 0.6) is 17.2 Å². The van der Waals surface area contributed by atoms with E-state index in [1.165, 1.54) is 5.56 Å². The zero-order valence-corrected chi connectivity index (χ0v) is 20.9. The third-order valence-corrected chi connectivity index (χ3v) is 7.32. The highest BCUT2D eigenvalue weighted by Crippen LogP contribution is 2.31. The van der Waals surface area contributed by atoms with Crippen LogP contribution < -0.4 is 19.8 Å². The Kier molecular flexibility index (Phi) is 7.29. The maximum Gasteiger partial charge on any atom is 0.261 e. The molecule has 8 nitrogen and oxygen atoms in total. The van der Waals surface area contributed by atoms with Crippen LogP contribution >= 0.6 is 0 Å². The molecule has 1 aromatic heterocycles. The fraction of sp³-hybridized carbons (Fsp3) is 0.407. The number of ether oxygens (including phenoxy) is 3. The predicted molar refractivity (Wildman–Crippen MR) is 141 cm³/mol. The van der Waals surface area contributed by atoms with Crippen molar-refractivity contribution in [1.29, 1.82) is 0 Å². The first-order valence-electron chi connectivity index (χ1n) is 12.5. The van der Waals surface area contributed by atoms with Gasteiger partial charge in [-0.15, -0.1) is 0 Å². The Hall–Kier alpha value is -3.30. The van der Waals surface area contributed by atoms with Crippen molar-refractivity contribution in [3.63, 3.8) is 0 Å². The van der Waals surface area contributed by atoms with Gasteiger partial charge in [0.05, 0.1) is 18.2 Å². The number of carbonyl (C=O) groups excluding carboxylic acids is 1. The van der Waals surface area contributed by atoms with Gasteiger partial charge in [0.2, 0.25) is 0 Å². The van der Waals surface area contributed by atoms with Crippen LogP contribution in [0.15, 0.2) is 47.3 Å². The van der Waals surface area contributed by atoms with Crippen molar-refractivity contribution >= 4 is 25.2 Å². The molecule has 0 spiro atoms. The molecule has 0 radical (unpaired) electrons. The quantitative estimate of drug-likeness (QED) is 0.355. The minimum atomic E-state index is -0.250. The lowest BCUT2D eigenvalue weighted by atomic mass is 9.99. The molecule has 1 fully saturated rings.